The van der Waals surface area contributed by atoms with E-state index < -0.39 is 0 Å². The van der Waals surface area contributed by atoms with Gasteiger partial charge in [-0.25, -0.2) is 0 Å². The van der Waals surface area contributed by atoms with Crippen LogP contribution >= 0.6 is 25.3 Å². The van der Waals surface area contributed by atoms with Gasteiger partial charge in [-0.3, -0.25) is 14.4 Å². The maximum atomic E-state index is 12.8. The monoisotopic (exact) mass is 528 g/mol. The second-order valence-electron chi connectivity index (χ2n) is 9.06. The van der Waals surface area contributed by atoms with Crippen LogP contribution in [0.1, 0.15) is 93.0 Å². The van der Waals surface area contributed by atoms with E-state index in [1.54, 1.807) is 48.5 Å². The molecule has 36 heavy (non-hydrogen) atoms. The van der Waals surface area contributed by atoms with Crippen molar-refractivity contribution in [3.05, 3.63) is 59.7 Å². The fourth-order valence-electron chi connectivity index (χ4n) is 3.88. The molecule has 0 aromatic heterocycles. The number of benzene rings is 2. The number of carbonyl (C=O) groups is 3. The summed E-state index contributed by atoms with van der Waals surface area (Å²) in [6, 6.07) is 13.9. The van der Waals surface area contributed by atoms with Crippen molar-refractivity contribution in [2.24, 2.45) is 0 Å². The normalized spacial score (nSPS) is 10.7. The maximum absolute atomic E-state index is 12.8. The highest BCUT2D eigenvalue weighted by Gasteiger charge is 2.11. The summed E-state index contributed by atoms with van der Waals surface area (Å²) in [6.07, 6.45) is 11.7. The summed E-state index contributed by atoms with van der Waals surface area (Å²) < 4.78 is 0. The van der Waals surface area contributed by atoms with E-state index in [9.17, 15) is 14.4 Å². The number of hydrogen-bond donors (Lipinski definition) is 4. The van der Waals surface area contributed by atoms with Gasteiger partial charge in [0.25, 0.3) is 0 Å². The average Bonchev–Trinajstić information content (AvgIpc) is 2.88. The number of carbonyl (C=O) groups excluding carboxylic acids is 3. The molecule has 0 saturated heterocycles. The van der Waals surface area contributed by atoms with E-state index in [-0.39, 0.29) is 17.6 Å². The zero-order valence-electron chi connectivity index (χ0n) is 21.1. The van der Waals surface area contributed by atoms with E-state index in [4.69, 9.17) is 0 Å². The lowest BCUT2D eigenvalue weighted by atomic mass is 10.0. The Kier molecular flexibility index (Phi) is 15.0. The Morgan fingerprint density at radius 2 is 0.833 bits per heavy atom. The van der Waals surface area contributed by atoms with Crippen LogP contribution in [0.5, 0.6) is 0 Å². The standard InChI is InChI=1S/C29H40N2O3S2/c32-27(11-7-3-1-5-9-21-35)30-25-17-13-23(14-18-25)29(34)24-15-19-26(20-16-24)31-28(33)12-8-4-2-6-10-22-36/h13-20,35-36H,1-12,21-22H2,(H,30,32)(H,31,33). The Labute approximate surface area is 227 Å². The van der Waals surface area contributed by atoms with Crippen LogP contribution in [-0.2, 0) is 9.59 Å². The number of unbranched alkanes of at least 4 members (excludes halogenated alkanes) is 8. The van der Waals surface area contributed by atoms with Crippen molar-refractivity contribution in [3.8, 4) is 0 Å². The molecule has 2 aromatic rings. The summed E-state index contributed by atoms with van der Waals surface area (Å²) in [4.78, 5) is 37.1. The maximum Gasteiger partial charge on any atom is 0.224 e. The Balaban J connectivity index is 1.75. The predicted molar refractivity (Wildman–Crippen MR) is 157 cm³/mol. The molecule has 0 fully saturated rings. The first-order valence-corrected chi connectivity index (χ1v) is 14.4. The van der Waals surface area contributed by atoms with Gasteiger partial charge in [0.1, 0.15) is 0 Å². The van der Waals surface area contributed by atoms with E-state index in [1.165, 1.54) is 0 Å². The minimum Gasteiger partial charge on any atom is -0.326 e. The van der Waals surface area contributed by atoms with Gasteiger partial charge in [-0.2, -0.15) is 25.3 Å². The van der Waals surface area contributed by atoms with Crippen LogP contribution in [0, 0.1) is 0 Å². The van der Waals surface area contributed by atoms with Gasteiger partial charge >= 0.3 is 0 Å². The molecule has 0 spiro atoms. The van der Waals surface area contributed by atoms with E-state index in [2.05, 4.69) is 35.9 Å². The predicted octanol–water partition coefficient (Wildman–Crippen LogP) is 7.34. The molecule has 0 radical (unpaired) electrons. The SMILES string of the molecule is O=C(CCCCCCCS)Nc1ccc(C(=O)c2ccc(NC(=O)CCCCCCCS)cc2)cc1. The molecule has 0 aliphatic rings. The van der Waals surface area contributed by atoms with Gasteiger partial charge in [0, 0.05) is 35.3 Å². The van der Waals surface area contributed by atoms with Crippen LogP contribution in [-0.4, -0.2) is 29.1 Å². The van der Waals surface area contributed by atoms with Gasteiger partial charge in [-0.15, -0.1) is 0 Å². The molecule has 2 rings (SSSR count). The highest BCUT2D eigenvalue weighted by Crippen LogP contribution is 2.17. The van der Waals surface area contributed by atoms with E-state index in [0.29, 0.717) is 35.3 Å². The molecular weight excluding hydrogens is 488 g/mol. The molecule has 0 atom stereocenters. The second-order valence-corrected chi connectivity index (χ2v) is 9.96. The molecule has 0 heterocycles. The molecule has 2 amide bonds. The van der Waals surface area contributed by atoms with E-state index >= 15 is 0 Å². The minimum atomic E-state index is -0.104. The number of thiol groups is 2. The Hall–Kier alpha value is -2.25. The summed E-state index contributed by atoms with van der Waals surface area (Å²) in [6.45, 7) is 0. The molecule has 0 saturated carbocycles. The molecule has 0 aliphatic heterocycles. The van der Waals surface area contributed by atoms with Gasteiger partial charge in [-0.1, -0.05) is 38.5 Å². The largest absolute Gasteiger partial charge is 0.326 e. The number of rotatable bonds is 18. The Morgan fingerprint density at radius 3 is 1.19 bits per heavy atom. The number of hydrogen-bond acceptors (Lipinski definition) is 5. The van der Waals surface area contributed by atoms with Crippen molar-refractivity contribution >= 4 is 54.2 Å². The fraction of sp³-hybridized carbons (Fsp3) is 0.483. The average molecular weight is 529 g/mol. The number of anilines is 2. The van der Waals surface area contributed by atoms with Crippen LogP contribution in [0.4, 0.5) is 11.4 Å². The first-order valence-electron chi connectivity index (χ1n) is 13.1. The van der Waals surface area contributed by atoms with Gasteiger partial charge in [-0.05, 0) is 85.7 Å². The van der Waals surface area contributed by atoms with Crippen molar-refractivity contribution in [2.45, 2.75) is 77.0 Å². The lowest BCUT2D eigenvalue weighted by Crippen LogP contribution is -2.12. The molecule has 196 valence electrons. The highest BCUT2D eigenvalue weighted by atomic mass is 32.1. The van der Waals surface area contributed by atoms with E-state index in [1.807, 2.05) is 0 Å². The van der Waals surface area contributed by atoms with E-state index in [0.717, 1.165) is 75.7 Å². The third-order valence-electron chi connectivity index (χ3n) is 5.99. The number of ketones is 1. The first kappa shape index (κ1) is 30.0. The topological polar surface area (TPSA) is 75.3 Å². The van der Waals surface area contributed by atoms with Crippen LogP contribution < -0.4 is 10.6 Å². The molecule has 2 aromatic carbocycles. The summed E-state index contributed by atoms with van der Waals surface area (Å²) >= 11 is 8.41. The highest BCUT2D eigenvalue weighted by molar-refractivity contribution is 7.80. The van der Waals surface area contributed by atoms with Crippen molar-refractivity contribution in [3.63, 3.8) is 0 Å². The summed E-state index contributed by atoms with van der Waals surface area (Å²) in [5.74, 6) is 1.72. The fourth-order valence-corrected chi connectivity index (χ4v) is 4.33. The Bertz CT molecular complexity index is 855. The van der Waals surface area contributed by atoms with Gasteiger partial charge in [0.2, 0.25) is 11.8 Å². The van der Waals surface area contributed by atoms with Gasteiger partial charge in [0.15, 0.2) is 5.78 Å². The molecular formula is C29H40N2O3S2. The van der Waals surface area contributed by atoms with Crippen molar-refractivity contribution < 1.29 is 14.4 Å². The lowest BCUT2D eigenvalue weighted by molar-refractivity contribution is -0.117. The lowest BCUT2D eigenvalue weighted by Gasteiger charge is -2.08. The smallest absolute Gasteiger partial charge is 0.224 e. The van der Waals surface area contributed by atoms with Crippen LogP contribution in [0.2, 0.25) is 0 Å². The summed E-state index contributed by atoms with van der Waals surface area (Å²) in [7, 11) is 0. The molecule has 0 aliphatic carbocycles. The molecule has 0 bridgehead atoms. The quantitative estimate of drug-likeness (QED) is 0.0929. The summed E-state index contributed by atoms with van der Waals surface area (Å²) in [5, 5.41) is 5.79. The number of amides is 2. The van der Waals surface area contributed by atoms with Crippen LogP contribution in [0.15, 0.2) is 48.5 Å². The third kappa shape index (κ3) is 12.1. The number of nitrogens with one attached hydrogen (secondary N) is 2. The van der Waals surface area contributed by atoms with Crippen molar-refractivity contribution in [1.29, 1.82) is 0 Å². The molecule has 2 N–H and O–H groups in total. The van der Waals surface area contributed by atoms with Crippen molar-refractivity contribution in [2.75, 3.05) is 22.1 Å². The third-order valence-corrected chi connectivity index (χ3v) is 6.62. The minimum absolute atomic E-state index is 0.00518. The molecule has 7 heteroatoms. The van der Waals surface area contributed by atoms with Gasteiger partial charge in [0.05, 0.1) is 0 Å². The van der Waals surface area contributed by atoms with Gasteiger partial charge < -0.3 is 10.6 Å². The zero-order valence-corrected chi connectivity index (χ0v) is 22.9. The zero-order chi connectivity index (χ0) is 26.0. The summed E-state index contributed by atoms with van der Waals surface area (Å²) in [5.41, 5.74) is 2.47. The van der Waals surface area contributed by atoms with Crippen LogP contribution in [0.25, 0.3) is 0 Å². The second kappa shape index (κ2) is 18.1. The Morgan fingerprint density at radius 1 is 0.500 bits per heavy atom. The van der Waals surface area contributed by atoms with Crippen molar-refractivity contribution in [1.82, 2.24) is 0 Å². The molecule has 0 unspecified atom stereocenters. The first-order chi connectivity index (χ1) is 17.5. The molecule has 5 nitrogen and oxygen atoms in total. The van der Waals surface area contributed by atoms with Crippen LogP contribution in [0.3, 0.4) is 0 Å².